The number of esters is 2. The van der Waals surface area contributed by atoms with Gasteiger partial charge in [0.15, 0.2) is 6.10 Å². The van der Waals surface area contributed by atoms with Crippen LogP contribution in [0.1, 0.15) is 168 Å². The average Bonchev–Trinajstić information content (AvgIpc) is 3.17. The minimum Gasteiger partial charge on any atom is -0.462 e. The van der Waals surface area contributed by atoms with Gasteiger partial charge in [-0.3, -0.25) is 18.6 Å². The van der Waals surface area contributed by atoms with E-state index in [9.17, 15) is 19.0 Å². The SMILES string of the molecule is CC/C=C/C/C=C/C/C=C/C/C=C/C/C=C/CCCCCC(=O)OC[C@H](COP(=O)(O)OCC[N+](C)(C)C)OC(=O)CCCCCCC/C=C/CCCCCCCC. The Balaban J connectivity index is 4.43. The molecule has 0 radical (unpaired) electrons. The fraction of sp³-hybridized carbons (Fsp3) is 0.708. The van der Waals surface area contributed by atoms with E-state index in [2.05, 4.69) is 86.8 Å². The Hall–Kier alpha value is -2.55. The molecule has 10 heteroatoms. The van der Waals surface area contributed by atoms with E-state index in [1.54, 1.807) is 0 Å². The molecule has 0 spiro atoms. The van der Waals surface area contributed by atoms with Gasteiger partial charge >= 0.3 is 19.8 Å². The first-order chi connectivity index (χ1) is 28.0. The number of rotatable bonds is 40. The number of phosphoric acid groups is 1. The fourth-order valence-electron chi connectivity index (χ4n) is 5.68. The molecule has 0 bridgehead atoms. The van der Waals surface area contributed by atoms with Gasteiger partial charge in [-0.05, 0) is 83.5 Å². The predicted octanol–water partition coefficient (Wildman–Crippen LogP) is 13.0. The number of unbranched alkanes of at least 4 members (excludes halogenated alkanes) is 14. The molecule has 0 amide bonds. The maximum atomic E-state index is 12.7. The summed E-state index contributed by atoms with van der Waals surface area (Å²) in [7, 11) is 1.44. The summed E-state index contributed by atoms with van der Waals surface area (Å²) in [6.07, 6.45) is 49.5. The van der Waals surface area contributed by atoms with E-state index in [0.717, 1.165) is 83.5 Å². The van der Waals surface area contributed by atoms with Crippen LogP contribution in [-0.2, 0) is 32.7 Å². The van der Waals surface area contributed by atoms with Gasteiger partial charge in [-0.1, -0.05) is 145 Å². The van der Waals surface area contributed by atoms with Crippen LogP contribution >= 0.6 is 7.82 Å². The number of hydrogen-bond donors (Lipinski definition) is 1. The summed E-state index contributed by atoms with van der Waals surface area (Å²) in [6.45, 7) is 4.24. The lowest BCUT2D eigenvalue weighted by atomic mass is 10.1. The van der Waals surface area contributed by atoms with Crippen molar-refractivity contribution < 1.29 is 42.1 Å². The molecule has 0 aliphatic heterocycles. The summed E-state index contributed by atoms with van der Waals surface area (Å²) >= 11 is 0. The van der Waals surface area contributed by atoms with Crippen molar-refractivity contribution in [1.82, 2.24) is 0 Å². The van der Waals surface area contributed by atoms with Crippen molar-refractivity contribution in [2.24, 2.45) is 0 Å². The highest BCUT2D eigenvalue weighted by Gasteiger charge is 2.27. The lowest BCUT2D eigenvalue weighted by Gasteiger charge is -2.24. The zero-order chi connectivity index (χ0) is 42.8. The summed E-state index contributed by atoms with van der Waals surface area (Å²) in [5, 5.41) is 0. The second-order valence-electron chi connectivity index (χ2n) is 16.0. The Kier molecular flexibility index (Phi) is 38.1. The van der Waals surface area contributed by atoms with Gasteiger partial charge in [0.1, 0.15) is 19.8 Å². The number of quaternary nitrogens is 1. The van der Waals surface area contributed by atoms with E-state index in [1.807, 2.05) is 21.1 Å². The second-order valence-corrected chi connectivity index (χ2v) is 17.5. The third kappa shape index (κ3) is 43.0. The molecule has 1 unspecified atom stereocenters. The number of likely N-dealkylation sites (N-methyl/N-ethyl adjacent to an activating group) is 1. The minimum absolute atomic E-state index is 0.0211. The van der Waals surface area contributed by atoms with E-state index in [0.29, 0.717) is 23.9 Å². The lowest BCUT2D eigenvalue weighted by molar-refractivity contribution is -0.870. The molecular formula is C48H85NO8P+. The Morgan fingerprint density at radius 3 is 1.50 bits per heavy atom. The third-order valence-electron chi connectivity index (χ3n) is 9.22. The molecule has 0 aliphatic carbocycles. The third-order valence-corrected chi connectivity index (χ3v) is 10.2. The summed E-state index contributed by atoms with van der Waals surface area (Å²) in [4.78, 5) is 35.4. The van der Waals surface area contributed by atoms with Crippen LogP contribution in [0, 0.1) is 0 Å². The standard InChI is InChI=1S/C48H84NO8P/c1-6-8-10-12-14-16-18-20-22-23-24-25-27-28-30-32-34-36-38-40-47(50)54-44-46(45-56-58(52,53)55-43-42-49(3,4)5)57-48(51)41-39-37-35-33-31-29-26-21-19-17-15-13-11-9-7-2/h8,10,14,16,20-22,24-26,28,30,46H,6-7,9,11-13,15,17-19,23,27,29,31-45H2,1-5H3/p+1/b10-8+,16-14+,22-20+,25-24+,26-21+,30-28+/t46-/m1/s1. The van der Waals surface area contributed by atoms with Gasteiger partial charge in [0.2, 0.25) is 0 Å². The number of carbonyl (C=O) groups is 2. The first kappa shape index (κ1) is 55.5. The molecule has 9 nitrogen and oxygen atoms in total. The largest absolute Gasteiger partial charge is 0.472 e. The van der Waals surface area contributed by atoms with Crippen LogP contribution < -0.4 is 0 Å². The highest BCUT2D eigenvalue weighted by Crippen LogP contribution is 2.43. The molecule has 0 saturated carbocycles. The molecule has 334 valence electrons. The monoisotopic (exact) mass is 835 g/mol. The number of allylic oxidation sites excluding steroid dienone is 12. The van der Waals surface area contributed by atoms with E-state index >= 15 is 0 Å². The van der Waals surface area contributed by atoms with Crippen LogP contribution in [0.25, 0.3) is 0 Å². The van der Waals surface area contributed by atoms with Crippen LogP contribution in [0.5, 0.6) is 0 Å². The lowest BCUT2D eigenvalue weighted by Crippen LogP contribution is -2.37. The summed E-state index contributed by atoms with van der Waals surface area (Å²) in [6, 6.07) is 0. The second kappa shape index (κ2) is 39.9. The quantitative estimate of drug-likeness (QED) is 0.0214. The van der Waals surface area contributed by atoms with E-state index in [1.165, 1.54) is 44.9 Å². The molecule has 0 aliphatic rings. The molecule has 0 aromatic rings. The maximum Gasteiger partial charge on any atom is 0.472 e. The van der Waals surface area contributed by atoms with Gasteiger partial charge < -0.3 is 18.9 Å². The van der Waals surface area contributed by atoms with Crippen molar-refractivity contribution in [2.45, 2.75) is 174 Å². The molecule has 1 N–H and O–H groups in total. The van der Waals surface area contributed by atoms with Crippen molar-refractivity contribution in [3.63, 3.8) is 0 Å². The van der Waals surface area contributed by atoms with Gasteiger partial charge in [0.25, 0.3) is 0 Å². The van der Waals surface area contributed by atoms with Crippen LogP contribution in [0.3, 0.4) is 0 Å². The van der Waals surface area contributed by atoms with Gasteiger partial charge in [0, 0.05) is 12.8 Å². The predicted molar refractivity (Wildman–Crippen MR) is 242 cm³/mol. The first-order valence-corrected chi connectivity index (χ1v) is 24.2. The highest BCUT2D eigenvalue weighted by molar-refractivity contribution is 7.47. The van der Waals surface area contributed by atoms with Crippen molar-refractivity contribution in [1.29, 1.82) is 0 Å². The zero-order valence-electron chi connectivity index (χ0n) is 37.5. The minimum atomic E-state index is -4.39. The van der Waals surface area contributed by atoms with Crippen molar-refractivity contribution in [3.8, 4) is 0 Å². The normalized spacial score (nSPS) is 14.2. The molecule has 0 saturated heterocycles. The van der Waals surface area contributed by atoms with Crippen LogP contribution in [0.4, 0.5) is 0 Å². The molecule has 0 aromatic carbocycles. The Bertz CT molecular complexity index is 1220. The van der Waals surface area contributed by atoms with Gasteiger partial charge in [-0.25, -0.2) is 4.57 Å². The maximum absolute atomic E-state index is 12.7. The molecule has 2 atom stereocenters. The van der Waals surface area contributed by atoms with Gasteiger partial charge in [-0.15, -0.1) is 0 Å². The van der Waals surface area contributed by atoms with Crippen LogP contribution in [0.15, 0.2) is 72.9 Å². The Labute approximate surface area is 355 Å². The number of phosphoric ester groups is 1. The number of nitrogens with zero attached hydrogens (tertiary/aromatic N) is 1. The van der Waals surface area contributed by atoms with Crippen LogP contribution in [-0.4, -0.2) is 74.9 Å². The topological polar surface area (TPSA) is 108 Å². The highest BCUT2D eigenvalue weighted by atomic mass is 31.2. The molecule has 58 heavy (non-hydrogen) atoms. The zero-order valence-corrected chi connectivity index (χ0v) is 38.4. The van der Waals surface area contributed by atoms with Gasteiger partial charge in [0.05, 0.1) is 27.7 Å². The number of carbonyl (C=O) groups excluding carboxylic acids is 2. The van der Waals surface area contributed by atoms with E-state index in [4.69, 9.17) is 18.5 Å². The average molecular weight is 835 g/mol. The smallest absolute Gasteiger partial charge is 0.462 e. The summed E-state index contributed by atoms with van der Waals surface area (Å²) in [5.74, 6) is -0.851. The van der Waals surface area contributed by atoms with E-state index in [-0.39, 0.29) is 26.1 Å². The first-order valence-electron chi connectivity index (χ1n) is 22.7. The summed E-state index contributed by atoms with van der Waals surface area (Å²) < 4.78 is 34.3. The molecular weight excluding hydrogens is 750 g/mol. The van der Waals surface area contributed by atoms with Crippen LogP contribution in [0.2, 0.25) is 0 Å². The number of hydrogen-bond acceptors (Lipinski definition) is 7. The summed E-state index contributed by atoms with van der Waals surface area (Å²) in [5.41, 5.74) is 0. The molecule has 0 rings (SSSR count). The Morgan fingerprint density at radius 2 is 0.983 bits per heavy atom. The van der Waals surface area contributed by atoms with E-state index < -0.39 is 32.5 Å². The van der Waals surface area contributed by atoms with Gasteiger partial charge in [-0.2, -0.15) is 0 Å². The van der Waals surface area contributed by atoms with Crippen molar-refractivity contribution >= 4 is 19.8 Å². The van der Waals surface area contributed by atoms with Crippen molar-refractivity contribution in [2.75, 3.05) is 47.5 Å². The number of ether oxygens (including phenoxy) is 2. The molecule has 0 heterocycles. The Morgan fingerprint density at radius 1 is 0.552 bits per heavy atom. The molecule has 0 fully saturated rings. The molecule has 0 aromatic heterocycles. The fourth-order valence-corrected chi connectivity index (χ4v) is 6.42. The van der Waals surface area contributed by atoms with Crippen molar-refractivity contribution in [3.05, 3.63) is 72.9 Å².